The first-order valence-electron chi connectivity index (χ1n) is 28.2. The molecule has 4 aliphatic heterocycles. The molecule has 416 valence electrons. The minimum atomic E-state index is -3.57. The molecule has 4 heterocycles. The van der Waals surface area contributed by atoms with Crippen molar-refractivity contribution in [1.29, 1.82) is 0 Å². The van der Waals surface area contributed by atoms with Gasteiger partial charge < -0.3 is 28.7 Å². The Morgan fingerprint density at radius 2 is 0.947 bits per heavy atom. The Hall–Kier alpha value is -4.25. The highest BCUT2D eigenvalue weighted by Crippen LogP contribution is 2.34. The van der Waals surface area contributed by atoms with Crippen LogP contribution in [0.25, 0.3) is 0 Å². The lowest BCUT2D eigenvalue weighted by Crippen LogP contribution is -2.58. The number of morpholine rings is 4. The number of carbonyl (C=O) groups excluding carboxylic acids is 2. The number of rotatable bonds is 27. The number of ketones is 2. The topological polar surface area (TPSA) is 127 Å². The zero-order valence-electron chi connectivity index (χ0n) is 46.3. The van der Waals surface area contributed by atoms with E-state index >= 15 is 0 Å². The van der Waals surface area contributed by atoms with Crippen molar-refractivity contribution in [1.82, 2.24) is 9.80 Å². The summed E-state index contributed by atoms with van der Waals surface area (Å²) in [5, 5.41) is 0. The molecule has 4 aliphatic rings. The Morgan fingerprint density at radius 1 is 0.560 bits per heavy atom. The number of hydrogen-bond acceptors (Lipinski definition) is 13. The van der Waals surface area contributed by atoms with Gasteiger partial charge in [0.1, 0.15) is 0 Å². The first-order valence-corrected chi connectivity index (χ1v) is 29.7. The van der Waals surface area contributed by atoms with Crippen molar-refractivity contribution in [2.45, 2.75) is 134 Å². The number of carbonyl (C=O) groups is 2. The van der Waals surface area contributed by atoms with Crippen LogP contribution in [-0.2, 0) is 33.2 Å². The van der Waals surface area contributed by atoms with Gasteiger partial charge in [-0.25, -0.2) is 0 Å². The quantitative estimate of drug-likeness (QED) is 0.0311. The van der Waals surface area contributed by atoms with E-state index in [4.69, 9.17) is 23.1 Å². The molecule has 7 rings (SSSR count). The molecule has 0 N–H and O–H groups in total. The fraction of sp³-hybridized carbons (Fsp3) is 0.607. The van der Waals surface area contributed by atoms with Gasteiger partial charge in [0.15, 0.2) is 11.6 Å². The van der Waals surface area contributed by atoms with Gasteiger partial charge in [-0.2, -0.15) is 8.42 Å². The van der Waals surface area contributed by atoms with Gasteiger partial charge in [0.2, 0.25) is 0 Å². The molecule has 0 saturated carbocycles. The number of benzene rings is 3. The lowest BCUT2D eigenvalue weighted by atomic mass is 9.79. The second kappa shape index (κ2) is 33.1. The van der Waals surface area contributed by atoms with Gasteiger partial charge in [0.05, 0.1) is 75.4 Å². The minimum absolute atomic E-state index is 0.190. The van der Waals surface area contributed by atoms with E-state index in [1.807, 2.05) is 37.3 Å². The van der Waals surface area contributed by atoms with Gasteiger partial charge >= 0.3 is 0 Å². The lowest BCUT2D eigenvalue weighted by Gasteiger charge is -2.44. The second-order valence-corrected chi connectivity index (χ2v) is 21.9. The van der Waals surface area contributed by atoms with E-state index in [1.54, 1.807) is 30.3 Å². The maximum atomic E-state index is 13.7. The lowest BCUT2D eigenvalue weighted by molar-refractivity contribution is -0.0162. The number of unbranched alkanes of at least 4 members (excludes halogenated alkanes) is 9. The Balaban J connectivity index is 0.000000209. The summed E-state index contributed by atoms with van der Waals surface area (Å²) in [6.45, 7) is 29.3. The van der Waals surface area contributed by atoms with E-state index in [1.165, 1.54) is 51.4 Å². The monoisotopic (exact) mass is 1060 g/mol. The first-order chi connectivity index (χ1) is 36.4. The van der Waals surface area contributed by atoms with Crippen LogP contribution in [0.15, 0.2) is 109 Å². The fourth-order valence-corrected chi connectivity index (χ4v) is 11.7. The first kappa shape index (κ1) is 61.6. The molecular weight excluding hydrogens is 965 g/mol. The highest BCUT2D eigenvalue weighted by Gasteiger charge is 2.44. The molecule has 4 fully saturated rings. The van der Waals surface area contributed by atoms with Crippen LogP contribution in [-0.4, -0.2) is 153 Å². The normalized spacial score (nSPS) is 18.3. The van der Waals surface area contributed by atoms with Gasteiger partial charge in [-0.1, -0.05) is 108 Å². The van der Waals surface area contributed by atoms with E-state index in [2.05, 4.69) is 77.8 Å². The highest BCUT2D eigenvalue weighted by molar-refractivity contribution is 7.86. The molecule has 2 unspecified atom stereocenters. The van der Waals surface area contributed by atoms with Crippen LogP contribution in [0, 0.1) is 0 Å². The molecule has 4 saturated heterocycles. The Labute approximate surface area is 452 Å². The van der Waals surface area contributed by atoms with Crippen LogP contribution in [0.1, 0.15) is 138 Å². The predicted molar refractivity (Wildman–Crippen MR) is 304 cm³/mol. The minimum Gasteiger partial charge on any atom is -0.379 e. The van der Waals surface area contributed by atoms with Gasteiger partial charge in [-0.15, -0.1) is 13.2 Å². The number of hydrogen-bond donors (Lipinski definition) is 0. The van der Waals surface area contributed by atoms with Crippen molar-refractivity contribution in [3.8, 4) is 0 Å². The Bertz CT molecular complexity index is 2220. The van der Waals surface area contributed by atoms with E-state index in [9.17, 15) is 18.0 Å². The molecule has 3 aromatic carbocycles. The number of nitrogens with zero attached hydrogens (tertiary/aromatic N) is 4. The van der Waals surface area contributed by atoms with Crippen molar-refractivity contribution in [2.24, 2.45) is 0 Å². The summed E-state index contributed by atoms with van der Waals surface area (Å²) < 4.78 is 50.7. The Kier molecular flexibility index (Phi) is 27.2. The SMILES string of the molecule is C=C(C)CC(CC)(C(=O)c1ccc(N2CCOCC2)cc1)N1CCOCC1.C=CCC(CC)(C(=O)c1ccc(N2CCOCC2)cc1)N1CCOCC1.CCCCCCCCCCCCOS(=O)(=O)c1ccccc1. The van der Waals surface area contributed by atoms with Crippen molar-refractivity contribution >= 4 is 33.1 Å². The third-order valence-electron chi connectivity index (χ3n) is 15.1. The molecular formula is C61H92N4O9S. The van der Waals surface area contributed by atoms with E-state index in [0.717, 1.165) is 133 Å². The maximum absolute atomic E-state index is 13.7. The third-order valence-corrected chi connectivity index (χ3v) is 16.4. The second-order valence-electron chi connectivity index (χ2n) is 20.3. The molecule has 0 amide bonds. The van der Waals surface area contributed by atoms with Gasteiger partial charge in [-0.05, 0) is 99.7 Å². The molecule has 13 nitrogen and oxygen atoms in total. The average molecular weight is 1060 g/mol. The molecule has 2 atom stereocenters. The van der Waals surface area contributed by atoms with Crippen LogP contribution in [0.2, 0.25) is 0 Å². The van der Waals surface area contributed by atoms with Crippen LogP contribution in [0.3, 0.4) is 0 Å². The van der Waals surface area contributed by atoms with Gasteiger partial charge in [0.25, 0.3) is 10.1 Å². The van der Waals surface area contributed by atoms with E-state index < -0.39 is 21.2 Å². The van der Waals surface area contributed by atoms with Crippen LogP contribution in [0.4, 0.5) is 11.4 Å². The van der Waals surface area contributed by atoms with Crippen LogP contribution >= 0.6 is 0 Å². The standard InChI is InChI=1S/C22H32N2O3.C21H30N2O3.C18H30O3S/c1-4-22(17-18(2)3,24-11-15-27-16-12-24)21(25)19-5-7-20(8-6-19)23-9-13-26-14-10-23;1-3-9-21(4-2,23-12-16-26-17-13-23)20(24)18-5-7-19(8-6-18)22-10-14-25-15-11-22;1-2-3-4-5-6-7-8-9-10-14-17-21-22(19,20)18-15-12-11-13-16-18/h5-8H,2,4,9-17H2,1,3H3;3,5-8H,1,4,9-17H2,2H3;11-13,15-16H,2-10,14,17H2,1H3. The molecule has 14 heteroatoms. The zero-order chi connectivity index (χ0) is 53.8. The van der Waals surface area contributed by atoms with Crippen molar-refractivity contribution in [2.75, 3.05) is 122 Å². The fourth-order valence-electron chi connectivity index (χ4n) is 10.7. The smallest absolute Gasteiger partial charge is 0.296 e. The van der Waals surface area contributed by atoms with Crippen molar-refractivity contribution < 1.29 is 41.1 Å². The summed E-state index contributed by atoms with van der Waals surface area (Å²) in [6.07, 6.45) is 17.0. The third kappa shape index (κ3) is 18.7. The van der Waals surface area contributed by atoms with Crippen molar-refractivity contribution in [3.63, 3.8) is 0 Å². The summed E-state index contributed by atoms with van der Waals surface area (Å²) in [6, 6.07) is 24.5. The molecule has 0 aromatic heterocycles. The number of anilines is 2. The number of ether oxygens (including phenoxy) is 4. The largest absolute Gasteiger partial charge is 0.379 e. The van der Waals surface area contributed by atoms with Crippen LogP contribution in [0.5, 0.6) is 0 Å². The zero-order valence-corrected chi connectivity index (χ0v) is 47.1. The van der Waals surface area contributed by atoms with Gasteiger partial charge in [0, 0.05) is 74.9 Å². The molecule has 0 aliphatic carbocycles. The summed E-state index contributed by atoms with van der Waals surface area (Å²) in [4.78, 5) is 36.6. The molecule has 0 spiro atoms. The number of Topliss-reactive ketones (excluding diaryl/α,β-unsaturated/α-hetero) is 2. The predicted octanol–water partition coefficient (Wildman–Crippen LogP) is 11.2. The molecule has 0 radical (unpaired) electrons. The van der Waals surface area contributed by atoms with Crippen LogP contribution < -0.4 is 9.80 Å². The Morgan fingerprint density at radius 3 is 1.35 bits per heavy atom. The molecule has 3 aromatic rings. The van der Waals surface area contributed by atoms with E-state index in [-0.39, 0.29) is 23.1 Å². The van der Waals surface area contributed by atoms with E-state index in [0.29, 0.717) is 39.3 Å². The average Bonchev–Trinajstić information content (AvgIpc) is 3.46. The summed E-state index contributed by atoms with van der Waals surface area (Å²) in [5.41, 5.74) is 3.85. The highest BCUT2D eigenvalue weighted by atomic mass is 32.2. The molecule has 75 heavy (non-hydrogen) atoms. The summed E-state index contributed by atoms with van der Waals surface area (Å²) >= 11 is 0. The van der Waals surface area contributed by atoms with Gasteiger partial charge in [-0.3, -0.25) is 23.6 Å². The summed E-state index contributed by atoms with van der Waals surface area (Å²) in [5.74, 6) is 0.388. The maximum Gasteiger partial charge on any atom is 0.296 e. The molecule has 0 bridgehead atoms. The summed E-state index contributed by atoms with van der Waals surface area (Å²) in [7, 11) is -3.57. The van der Waals surface area contributed by atoms with Crippen molar-refractivity contribution in [3.05, 3.63) is 115 Å².